The highest BCUT2D eigenvalue weighted by atomic mass is 16.5. The Morgan fingerprint density at radius 1 is 1.24 bits per heavy atom. The number of hydrogen-bond donors (Lipinski definition) is 0. The molecular formula is C20H25N3O2. The Hall–Kier alpha value is -2.14. The standard InChI is InChI=1S/C20H25N3O2/c24-20(16-5-3-8-18(13-16)22-11-10-21-15-22)23(17-6-1-2-7-17)14-19-9-4-12-25-19/h3,5,8,10-11,13,15,17,19H,1-2,4,6-7,9,12,14H2. The summed E-state index contributed by atoms with van der Waals surface area (Å²) in [5, 5.41) is 0. The molecule has 1 amide bonds. The van der Waals surface area contributed by atoms with Crippen molar-refractivity contribution in [3.63, 3.8) is 0 Å². The van der Waals surface area contributed by atoms with E-state index in [2.05, 4.69) is 9.88 Å². The van der Waals surface area contributed by atoms with Gasteiger partial charge in [-0.05, 0) is 43.9 Å². The van der Waals surface area contributed by atoms with E-state index in [0.29, 0.717) is 6.04 Å². The Balaban J connectivity index is 1.57. The summed E-state index contributed by atoms with van der Waals surface area (Å²) in [6.45, 7) is 1.55. The Labute approximate surface area is 148 Å². The van der Waals surface area contributed by atoms with Gasteiger partial charge in [-0.3, -0.25) is 4.79 Å². The van der Waals surface area contributed by atoms with Gasteiger partial charge in [-0.2, -0.15) is 0 Å². The average Bonchev–Trinajstić information content (AvgIpc) is 3.42. The third kappa shape index (κ3) is 3.61. The predicted octanol–water partition coefficient (Wildman–Crippen LogP) is 3.44. The highest BCUT2D eigenvalue weighted by Crippen LogP contribution is 2.27. The maximum Gasteiger partial charge on any atom is 0.254 e. The van der Waals surface area contributed by atoms with Crippen LogP contribution in [0, 0.1) is 0 Å². The fourth-order valence-corrected chi connectivity index (χ4v) is 4.00. The van der Waals surface area contributed by atoms with Crippen LogP contribution in [0.15, 0.2) is 43.0 Å². The molecule has 1 aromatic carbocycles. The summed E-state index contributed by atoms with van der Waals surface area (Å²) in [6, 6.07) is 8.18. The molecule has 0 spiro atoms. The van der Waals surface area contributed by atoms with E-state index < -0.39 is 0 Å². The zero-order chi connectivity index (χ0) is 17.1. The maximum absolute atomic E-state index is 13.3. The highest BCUT2D eigenvalue weighted by Gasteiger charge is 2.31. The zero-order valence-corrected chi connectivity index (χ0v) is 14.5. The summed E-state index contributed by atoms with van der Waals surface area (Å²) in [6.07, 6.45) is 12.4. The van der Waals surface area contributed by atoms with Gasteiger partial charge in [-0.1, -0.05) is 18.9 Å². The van der Waals surface area contributed by atoms with Crippen LogP contribution in [0.4, 0.5) is 0 Å². The second-order valence-corrected chi connectivity index (χ2v) is 7.05. The second kappa shape index (κ2) is 7.40. The van der Waals surface area contributed by atoms with Crippen LogP contribution in [0.3, 0.4) is 0 Å². The minimum atomic E-state index is 0.129. The fraction of sp³-hybridized carbons (Fsp3) is 0.500. The van der Waals surface area contributed by atoms with Gasteiger partial charge in [0.2, 0.25) is 0 Å². The van der Waals surface area contributed by atoms with E-state index in [4.69, 9.17) is 4.74 Å². The number of amides is 1. The van der Waals surface area contributed by atoms with E-state index in [1.807, 2.05) is 35.0 Å². The van der Waals surface area contributed by atoms with Crippen molar-refractivity contribution in [1.82, 2.24) is 14.5 Å². The Bertz CT molecular complexity index is 701. The van der Waals surface area contributed by atoms with Gasteiger partial charge < -0.3 is 14.2 Å². The first-order chi connectivity index (χ1) is 12.3. The van der Waals surface area contributed by atoms with Gasteiger partial charge in [0.15, 0.2) is 0 Å². The maximum atomic E-state index is 13.3. The molecule has 2 aliphatic rings. The van der Waals surface area contributed by atoms with E-state index in [0.717, 1.165) is 50.1 Å². The van der Waals surface area contributed by atoms with Crippen molar-refractivity contribution < 1.29 is 9.53 Å². The lowest BCUT2D eigenvalue weighted by atomic mass is 10.1. The van der Waals surface area contributed by atoms with Crippen molar-refractivity contribution in [3.05, 3.63) is 48.5 Å². The molecule has 1 atom stereocenters. The molecule has 132 valence electrons. The summed E-state index contributed by atoms with van der Waals surface area (Å²) in [5.74, 6) is 0.129. The molecule has 25 heavy (non-hydrogen) atoms. The summed E-state index contributed by atoms with van der Waals surface area (Å²) in [7, 11) is 0. The fourth-order valence-electron chi connectivity index (χ4n) is 4.00. The SMILES string of the molecule is O=C(c1cccc(-n2ccnc2)c1)N(CC1CCCO1)C1CCCC1. The molecule has 0 N–H and O–H groups in total. The minimum absolute atomic E-state index is 0.129. The van der Waals surface area contributed by atoms with E-state index in [9.17, 15) is 4.79 Å². The summed E-state index contributed by atoms with van der Waals surface area (Å²) in [5.41, 5.74) is 1.71. The first-order valence-corrected chi connectivity index (χ1v) is 9.32. The largest absolute Gasteiger partial charge is 0.376 e. The molecule has 1 saturated heterocycles. The number of imidazole rings is 1. The van der Waals surface area contributed by atoms with Crippen LogP contribution in [-0.4, -0.2) is 45.7 Å². The molecule has 1 unspecified atom stereocenters. The Kier molecular flexibility index (Phi) is 4.83. The molecule has 1 aliphatic heterocycles. The van der Waals surface area contributed by atoms with Crippen LogP contribution >= 0.6 is 0 Å². The normalized spacial score (nSPS) is 20.9. The average molecular weight is 339 g/mol. The zero-order valence-electron chi connectivity index (χ0n) is 14.5. The molecule has 1 saturated carbocycles. The summed E-state index contributed by atoms with van der Waals surface area (Å²) < 4.78 is 7.73. The summed E-state index contributed by atoms with van der Waals surface area (Å²) in [4.78, 5) is 19.5. The number of aromatic nitrogens is 2. The molecule has 2 aromatic rings. The third-order valence-corrected chi connectivity index (χ3v) is 5.35. The molecular weight excluding hydrogens is 314 g/mol. The molecule has 5 heteroatoms. The number of carbonyl (C=O) groups is 1. The number of ether oxygens (including phenoxy) is 1. The van der Waals surface area contributed by atoms with Gasteiger partial charge in [0.25, 0.3) is 5.91 Å². The first-order valence-electron chi connectivity index (χ1n) is 9.32. The van der Waals surface area contributed by atoms with E-state index in [1.54, 1.807) is 12.5 Å². The van der Waals surface area contributed by atoms with Crippen molar-refractivity contribution in [2.75, 3.05) is 13.2 Å². The van der Waals surface area contributed by atoms with E-state index >= 15 is 0 Å². The van der Waals surface area contributed by atoms with Gasteiger partial charge in [0.05, 0.1) is 12.4 Å². The van der Waals surface area contributed by atoms with Crippen LogP contribution in [0.25, 0.3) is 5.69 Å². The number of benzene rings is 1. The van der Waals surface area contributed by atoms with Crippen molar-refractivity contribution in [2.45, 2.75) is 50.7 Å². The predicted molar refractivity (Wildman–Crippen MR) is 95.8 cm³/mol. The van der Waals surface area contributed by atoms with Crippen LogP contribution in [-0.2, 0) is 4.74 Å². The minimum Gasteiger partial charge on any atom is -0.376 e. The number of rotatable bonds is 5. The Morgan fingerprint density at radius 3 is 2.84 bits per heavy atom. The molecule has 1 aromatic heterocycles. The molecule has 2 fully saturated rings. The van der Waals surface area contributed by atoms with E-state index in [1.165, 1.54) is 12.8 Å². The van der Waals surface area contributed by atoms with Crippen LogP contribution in [0.1, 0.15) is 48.9 Å². The molecule has 5 nitrogen and oxygen atoms in total. The second-order valence-electron chi connectivity index (χ2n) is 7.05. The van der Waals surface area contributed by atoms with Gasteiger partial charge in [-0.25, -0.2) is 4.98 Å². The van der Waals surface area contributed by atoms with Gasteiger partial charge in [-0.15, -0.1) is 0 Å². The van der Waals surface area contributed by atoms with Gasteiger partial charge in [0, 0.05) is 42.8 Å². The molecule has 2 heterocycles. The molecule has 0 radical (unpaired) electrons. The van der Waals surface area contributed by atoms with Crippen molar-refractivity contribution in [2.24, 2.45) is 0 Å². The number of nitrogens with zero attached hydrogens (tertiary/aromatic N) is 3. The van der Waals surface area contributed by atoms with Crippen molar-refractivity contribution >= 4 is 5.91 Å². The molecule has 0 bridgehead atoms. The quantitative estimate of drug-likeness (QED) is 0.838. The highest BCUT2D eigenvalue weighted by molar-refractivity contribution is 5.95. The van der Waals surface area contributed by atoms with Gasteiger partial charge >= 0.3 is 0 Å². The lowest BCUT2D eigenvalue weighted by Crippen LogP contribution is -2.43. The lowest BCUT2D eigenvalue weighted by molar-refractivity contribution is 0.0420. The topological polar surface area (TPSA) is 47.4 Å². The number of carbonyl (C=O) groups excluding carboxylic acids is 1. The van der Waals surface area contributed by atoms with Crippen molar-refractivity contribution in [3.8, 4) is 5.69 Å². The van der Waals surface area contributed by atoms with E-state index in [-0.39, 0.29) is 12.0 Å². The number of hydrogen-bond acceptors (Lipinski definition) is 3. The lowest BCUT2D eigenvalue weighted by Gasteiger charge is -2.31. The smallest absolute Gasteiger partial charge is 0.254 e. The van der Waals surface area contributed by atoms with Crippen LogP contribution in [0.2, 0.25) is 0 Å². The third-order valence-electron chi connectivity index (χ3n) is 5.35. The first kappa shape index (κ1) is 16.3. The van der Waals surface area contributed by atoms with Crippen LogP contribution in [0.5, 0.6) is 0 Å². The van der Waals surface area contributed by atoms with Crippen molar-refractivity contribution in [1.29, 1.82) is 0 Å². The van der Waals surface area contributed by atoms with Gasteiger partial charge in [0.1, 0.15) is 0 Å². The molecule has 4 rings (SSSR count). The van der Waals surface area contributed by atoms with Crippen LogP contribution < -0.4 is 0 Å². The monoisotopic (exact) mass is 339 g/mol. The summed E-state index contributed by atoms with van der Waals surface area (Å²) >= 11 is 0. The molecule has 1 aliphatic carbocycles. The Morgan fingerprint density at radius 2 is 2.12 bits per heavy atom.